The van der Waals surface area contributed by atoms with E-state index in [-0.39, 0.29) is 12.5 Å². The molecular weight excluding hydrogens is 462 g/mol. The number of fused-ring (bicyclic) bond motifs is 4. The zero-order valence-corrected chi connectivity index (χ0v) is 21.2. The number of nitrogens with zero attached hydrogens (tertiary/aromatic N) is 3. The van der Waals surface area contributed by atoms with Gasteiger partial charge in [0, 0.05) is 38.6 Å². The van der Waals surface area contributed by atoms with E-state index in [0.29, 0.717) is 5.11 Å². The van der Waals surface area contributed by atoms with Crippen LogP contribution in [0.25, 0.3) is 0 Å². The Kier molecular flexibility index (Phi) is 6.29. The first-order chi connectivity index (χ1) is 16.8. The maximum absolute atomic E-state index is 13.5. The maximum atomic E-state index is 13.5. The third-order valence-electron chi connectivity index (χ3n) is 8.00. The average Bonchev–Trinajstić information content (AvgIpc) is 3.36. The molecule has 186 valence electrons. The number of barbiturate groups is 1. The molecule has 4 aliphatic rings. The van der Waals surface area contributed by atoms with Crippen molar-refractivity contribution in [1.82, 2.24) is 15.1 Å². The molecule has 9 heteroatoms. The van der Waals surface area contributed by atoms with Gasteiger partial charge in [-0.1, -0.05) is 11.6 Å². The number of thiocarbonyl (C=S) groups is 1. The summed E-state index contributed by atoms with van der Waals surface area (Å²) in [5.74, 6) is -0.804. The van der Waals surface area contributed by atoms with Crippen molar-refractivity contribution in [2.75, 3.05) is 37.4 Å². The molecular formula is C26H33N5O3S. The second-order valence-corrected chi connectivity index (χ2v) is 10.5. The van der Waals surface area contributed by atoms with Gasteiger partial charge in [-0.05, 0) is 87.3 Å². The predicted octanol–water partition coefficient (Wildman–Crippen LogP) is 3.43. The lowest BCUT2D eigenvalue weighted by atomic mass is 9.68. The van der Waals surface area contributed by atoms with Crippen LogP contribution in [0.1, 0.15) is 50.5 Å². The van der Waals surface area contributed by atoms with Crippen molar-refractivity contribution in [3.05, 3.63) is 35.4 Å². The second-order valence-electron chi connectivity index (χ2n) is 10.1. The minimum atomic E-state index is -1.29. The Morgan fingerprint density at radius 3 is 2.60 bits per heavy atom. The molecule has 2 saturated heterocycles. The van der Waals surface area contributed by atoms with E-state index in [4.69, 9.17) is 12.2 Å². The molecule has 1 unspecified atom stereocenters. The second kappa shape index (κ2) is 9.26. The molecule has 5 rings (SSSR count). The summed E-state index contributed by atoms with van der Waals surface area (Å²) >= 11 is 5.52. The zero-order valence-electron chi connectivity index (χ0n) is 20.4. The predicted molar refractivity (Wildman–Crippen MR) is 139 cm³/mol. The van der Waals surface area contributed by atoms with Crippen LogP contribution < -0.4 is 15.5 Å². The van der Waals surface area contributed by atoms with Crippen LogP contribution in [0.5, 0.6) is 0 Å². The van der Waals surface area contributed by atoms with Crippen LogP contribution in [-0.4, -0.2) is 66.0 Å². The molecule has 0 radical (unpaired) electrons. The molecule has 3 aliphatic heterocycles. The van der Waals surface area contributed by atoms with Crippen molar-refractivity contribution in [3.8, 4) is 0 Å². The van der Waals surface area contributed by atoms with Gasteiger partial charge < -0.3 is 15.5 Å². The maximum Gasteiger partial charge on any atom is 0.332 e. The Hall–Kier alpha value is -2.94. The van der Waals surface area contributed by atoms with Gasteiger partial charge in [0.05, 0.1) is 6.04 Å². The summed E-state index contributed by atoms with van der Waals surface area (Å²) in [6, 6.07) is 5.21. The van der Waals surface area contributed by atoms with Crippen molar-refractivity contribution in [2.24, 2.45) is 5.41 Å². The monoisotopic (exact) mass is 495 g/mol. The number of rotatable bonds is 4. The van der Waals surface area contributed by atoms with Gasteiger partial charge >= 0.3 is 6.03 Å². The van der Waals surface area contributed by atoms with Crippen molar-refractivity contribution in [2.45, 2.75) is 57.4 Å². The van der Waals surface area contributed by atoms with Crippen LogP contribution in [0.2, 0.25) is 0 Å². The summed E-state index contributed by atoms with van der Waals surface area (Å²) in [5, 5.41) is 7.11. The molecule has 1 aromatic rings. The first-order valence-electron chi connectivity index (χ1n) is 12.6. The fourth-order valence-electron chi connectivity index (χ4n) is 6.24. The topological polar surface area (TPSA) is 85.0 Å². The average molecular weight is 496 g/mol. The first kappa shape index (κ1) is 23.8. The van der Waals surface area contributed by atoms with Crippen molar-refractivity contribution >= 4 is 46.6 Å². The standard InChI is InChI=1S/C26H33N5O3S/c1-29-22(32)26(23(33)30(2)25(29)34)16-18-15-19(10-11-20(18)31-14-6-9-21(26)31)28-24(35)27-13-12-17-7-4-3-5-8-17/h7,10-11,15,21H,3-6,8-9,12-14,16H2,1-2H3,(H2,27,28,35). The molecule has 1 aromatic carbocycles. The highest BCUT2D eigenvalue weighted by molar-refractivity contribution is 7.80. The molecule has 1 atom stereocenters. The Morgan fingerprint density at radius 2 is 1.89 bits per heavy atom. The summed E-state index contributed by atoms with van der Waals surface area (Å²) in [5.41, 5.74) is 3.00. The van der Waals surface area contributed by atoms with E-state index in [0.717, 1.165) is 59.1 Å². The number of benzene rings is 1. The fourth-order valence-corrected chi connectivity index (χ4v) is 6.46. The number of carbonyl (C=O) groups excluding carboxylic acids is 3. The van der Waals surface area contributed by atoms with E-state index in [9.17, 15) is 14.4 Å². The van der Waals surface area contributed by atoms with Crippen LogP contribution in [-0.2, 0) is 16.0 Å². The number of anilines is 2. The van der Waals surface area contributed by atoms with E-state index in [1.54, 1.807) is 0 Å². The molecule has 0 aromatic heterocycles. The van der Waals surface area contributed by atoms with Gasteiger partial charge in [-0.3, -0.25) is 19.4 Å². The Balaban J connectivity index is 1.35. The summed E-state index contributed by atoms with van der Waals surface area (Å²) < 4.78 is 0. The third kappa shape index (κ3) is 3.99. The van der Waals surface area contributed by atoms with E-state index in [1.807, 2.05) is 12.1 Å². The van der Waals surface area contributed by atoms with Gasteiger partial charge in [-0.25, -0.2) is 4.79 Å². The Labute approximate surface area is 211 Å². The lowest BCUT2D eigenvalue weighted by Gasteiger charge is -2.50. The molecule has 35 heavy (non-hydrogen) atoms. The highest BCUT2D eigenvalue weighted by Crippen LogP contribution is 2.49. The van der Waals surface area contributed by atoms with Crippen LogP contribution in [0.4, 0.5) is 16.2 Å². The van der Waals surface area contributed by atoms with E-state index in [2.05, 4.69) is 27.7 Å². The minimum absolute atomic E-state index is 0.247. The lowest BCUT2D eigenvalue weighted by molar-refractivity contribution is -0.159. The Bertz CT molecular complexity index is 1090. The number of hydrogen-bond acceptors (Lipinski definition) is 5. The first-order valence-corrected chi connectivity index (χ1v) is 13.0. The lowest BCUT2D eigenvalue weighted by Crippen LogP contribution is -2.70. The molecule has 8 nitrogen and oxygen atoms in total. The smallest absolute Gasteiger partial charge is 0.332 e. The molecule has 4 amide bonds. The summed E-state index contributed by atoms with van der Waals surface area (Å²) in [6.45, 7) is 1.57. The number of imide groups is 2. The van der Waals surface area contributed by atoms with Gasteiger partial charge in [0.1, 0.15) is 0 Å². The van der Waals surface area contributed by atoms with Crippen LogP contribution in [0, 0.1) is 5.41 Å². The highest BCUT2D eigenvalue weighted by Gasteiger charge is 2.63. The Morgan fingerprint density at radius 1 is 1.11 bits per heavy atom. The van der Waals surface area contributed by atoms with E-state index < -0.39 is 23.3 Å². The number of hydrogen-bond donors (Lipinski definition) is 2. The normalized spacial score (nSPS) is 23.3. The number of urea groups is 1. The van der Waals surface area contributed by atoms with Gasteiger partial charge in [0.25, 0.3) is 0 Å². The third-order valence-corrected chi connectivity index (χ3v) is 8.25. The van der Waals surface area contributed by atoms with Gasteiger partial charge in [-0.15, -0.1) is 0 Å². The van der Waals surface area contributed by atoms with Crippen molar-refractivity contribution in [3.63, 3.8) is 0 Å². The minimum Gasteiger partial charge on any atom is -0.367 e. The number of nitrogens with one attached hydrogen (secondary N) is 2. The van der Waals surface area contributed by atoms with Gasteiger partial charge in [-0.2, -0.15) is 0 Å². The molecule has 1 spiro atoms. The number of allylic oxidation sites excluding steroid dienone is 1. The molecule has 2 fully saturated rings. The quantitative estimate of drug-likeness (QED) is 0.376. The highest BCUT2D eigenvalue weighted by atomic mass is 32.1. The van der Waals surface area contributed by atoms with Gasteiger partial charge in [0.15, 0.2) is 10.5 Å². The SMILES string of the molecule is CN1C(=O)N(C)C(=O)C2(Cc3cc(NC(=S)NCCC4=CCCCC4)ccc3N3CCCC32)C1=O. The largest absolute Gasteiger partial charge is 0.367 e. The summed E-state index contributed by atoms with van der Waals surface area (Å²) in [7, 11) is 2.94. The molecule has 3 heterocycles. The molecule has 0 saturated carbocycles. The molecule has 2 N–H and O–H groups in total. The van der Waals surface area contributed by atoms with Crippen molar-refractivity contribution in [1.29, 1.82) is 0 Å². The molecule has 0 bridgehead atoms. The van der Waals surface area contributed by atoms with Crippen LogP contribution in [0.3, 0.4) is 0 Å². The zero-order chi connectivity index (χ0) is 24.7. The van der Waals surface area contributed by atoms with Crippen molar-refractivity contribution < 1.29 is 14.4 Å². The molecule has 1 aliphatic carbocycles. The van der Waals surface area contributed by atoms with Gasteiger partial charge in [0.2, 0.25) is 11.8 Å². The number of carbonyl (C=O) groups is 3. The number of amides is 4. The summed E-state index contributed by atoms with van der Waals surface area (Å²) in [6.07, 6.45) is 10.2. The fraction of sp³-hybridized carbons (Fsp3) is 0.538. The summed E-state index contributed by atoms with van der Waals surface area (Å²) in [4.78, 5) is 43.8. The van der Waals surface area contributed by atoms with E-state index >= 15 is 0 Å². The van der Waals surface area contributed by atoms with Crippen LogP contribution in [0.15, 0.2) is 29.8 Å². The van der Waals surface area contributed by atoms with E-state index in [1.165, 1.54) is 45.4 Å². The van der Waals surface area contributed by atoms with Crippen LogP contribution >= 0.6 is 12.2 Å².